The number of primary amides is 1. The zero-order chi connectivity index (χ0) is 12.1. The van der Waals surface area contributed by atoms with E-state index in [2.05, 4.69) is 0 Å². The van der Waals surface area contributed by atoms with E-state index >= 15 is 0 Å². The second-order valence-electron chi connectivity index (χ2n) is 4.14. The molecule has 6 nitrogen and oxygen atoms in total. The lowest BCUT2D eigenvalue weighted by atomic mass is 10.2. The van der Waals surface area contributed by atoms with Crippen LogP contribution in [0.3, 0.4) is 0 Å². The van der Waals surface area contributed by atoms with Crippen molar-refractivity contribution in [1.82, 2.24) is 9.80 Å². The van der Waals surface area contributed by atoms with Crippen molar-refractivity contribution in [3.8, 4) is 0 Å². The molecule has 0 aliphatic carbocycles. The number of carbonyl (C=O) groups excluding carboxylic acids is 1. The third kappa shape index (κ3) is 3.79. The number of aliphatic carboxylic acids is 1. The van der Waals surface area contributed by atoms with Crippen LogP contribution >= 0.6 is 0 Å². The smallest absolute Gasteiger partial charge is 0.317 e. The van der Waals surface area contributed by atoms with Gasteiger partial charge >= 0.3 is 5.97 Å². The Morgan fingerprint density at radius 1 is 1.31 bits per heavy atom. The molecule has 1 unspecified atom stereocenters. The molecule has 0 spiro atoms. The molecule has 6 heteroatoms. The van der Waals surface area contributed by atoms with Gasteiger partial charge < -0.3 is 10.8 Å². The first-order valence-electron chi connectivity index (χ1n) is 5.48. The lowest BCUT2D eigenvalue weighted by Gasteiger charge is -2.25. The number of amides is 1. The van der Waals surface area contributed by atoms with Crippen molar-refractivity contribution in [2.24, 2.45) is 5.73 Å². The Hall–Kier alpha value is -1.14. The standard InChI is InChI=1S/C10H19N3O3/c1-8(10(11)16)13-4-2-3-12(5-6-13)7-9(14)15/h8H,2-7H2,1H3,(H2,11,16)(H,14,15). The topological polar surface area (TPSA) is 86.9 Å². The molecule has 0 aromatic rings. The van der Waals surface area contributed by atoms with Gasteiger partial charge in [-0.2, -0.15) is 0 Å². The van der Waals surface area contributed by atoms with Crippen molar-refractivity contribution < 1.29 is 14.7 Å². The predicted molar refractivity (Wildman–Crippen MR) is 58.9 cm³/mol. The third-order valence-corrected chi connectivity index (χ3v) is 2.94. The second kappa shape index (κ2) is 5.81. The van der Waals surface area contributed by atoms with E-state index in [1.165, 1.54) is 0 Å². The van der Waals surface area contributed by atoms with Crippen LogP contribution in [0.5, 0.6) is 0 Å². The van der Waals surface area contributed by atoms with Crippen LogP contribution in [0.25, 0.3) is 0 Å². The first-order chi connectivity index (χ1) is 7.50. The Morgan fingerprint density at radius 3 is 2.56 bits per heavy atom. The van der Waals surface area contributed by atoms with E-state index in [-0.39, 0.29) is 18.5 Å². The van der Waals surface area contributed by atoms with Crippen molar-refractivity contribution in [1.29, 1.82) is 0 Å². The van der Waals surface area contributed by atoms with Crippen LogP contribution < -0.4 is 5.73 Å². The van der Waals surface area contributed by atoms with Gasteiger partial charge in [-0.15, -0.1) is 0 Å². The molecule has 92 valence electrons. The number of nitrogens with zero attached hydrogens (tertiary/aromatic N) is 2. The maximum absolute atomic E-state index is 11.0. The van der Waals surface area contributed by atoms with Gasteiger partial charge in [0, 0.05) is 26.2 Å². The summed E-state index contributed by atoms with van der Waals surface area (Å²) >= 11 is 0. The summed E-state index contributed by atoms with van der Waals surface area (Å²) in [6, 6.07) is -0.273. The van der Waals surface area contributed by atoms with E-state index in [1.807, 2.05) is 9.80 Å². The SMILES string of the molecule is CC(C(N)=O)N1CCCN(CC(=O)O)CC1. The van der Waals surface area contributed by atoms with Crippen molar-refractivity contribution in [3.05, 3.63) is 0 Å². The molecule has 1 atom stereocenters. The van der Waals surface area contributed by atoms with Gasteiger partial charge in [-0.1, -0.05) is 0 Å². The molecule has 1 amide bonds. The number of rotatable bonds is 4. The highest BCUT2D eigenvalue weighted by molar-refractivity contribution is 5.79. The molecule has 1 rings (SSSR count). The Kier molecular flexibility index (Phi) is 4.70. The van der Waals surface area contributed by atoms with E-state index < -0.39 is 5.97 Å². The van der Waals surface area contributed by atoms with Crippen LogP contribution in [0.4, 0.5) is 0 Å². The Bertz CT molecular complexity index is 270. The fourth-order valence-corrected chi connectivity index (χ4v) is 1.91. The maximum atomic E-state index is 11.0. The molecular weight excluding hydrogens is 210 g/mol. The van der Waals surface area contributed by atoms with E-state index in [4.69, 9.17) is 10.8 Å². The lowest BCUT2D eigenvalue weighted by molar-refractivity contribution is -0.138. The highest BCUT2D eigenvalue weighted by atomic mass is 16.4. The molecule has 0 radical (unpaired) electrons. The maximum Gasteiger partial charge on any atom is 0.317 e. The molecule has 0 aromatic heterocycles. The van der Waals surface area contributed by atoms with Gasteiger partial charge in [0.2, 0.25) is 5.91 Å². The highest BCUT2D eigenvalue weighted by Gasteiger charge is 2.22. The summed E-state index contributed by atoms with van der Waals surface area (Å²) in [6.45, 7) is 4.77. The zero-order valence-electron chi connectivity index (χ0n) is 9.56. The monoisotopic (exact) mass is 229 g/mol. The van der Waals surface area contributed by atoms with Crippen molar-refractivity contribution in [3.63, 3.8) is 0 Å². The number of hydrogen-bond acceptors (Lipinski definition) is 4. The molecule has 16 heavy (non-hydrogen) atoms. The van der Waals surface area contributed by atoms with Crippen molar-refractivity contribution in [2.45, 2.75) is 19.4 Å². The Morgan fingerprint density at radius 2 is 2.00 bits per heavy atom. The van der Waals surface area contributed by atoms with Gasteiger partial charge in [-0.25, -0.2) is 0 Å². The highest BCUT2D eigenvalue weighted by Crippen LogP contribution is 2.06. The molecule has 1 heterocycles. The van der Waals surface area contributed by atoms with Gasteiger partial charge in [0.25, 0.3) is 0 Å². The van der Waals surface area contributed by atoms with Crippen LogP contribution in [0.1, 0.15) is 13.3 Å². The average molecular weight is 229 g/mol. The predicted octanol–water partition coefficient (Wildman–Crippen LogP) is -1.05. The van der Waals surface area contributed by atoms with Crippen LogP contribution in [0, 0.1) is 0 Å². The van der Waals surface area contributed by atoms with Gasteiger partial charge in [0.15, 0.2) is 0 Å². The molecule has 1 fully saturated rings. The summed E-state index contributed by atoms with van der Waals surface area (Å²) < 4.78 is 0. The molecule has 0 aromatic carbocycles. The summed E-state index contributed by atoms with van der Waals surface area (Å²) in [4.78, 5) is 25.5. The molecular formula is C10H19N3O3. The minimum atomic E-state index is -0.809. The van der Waals surface area contributed by atoms with Crippen LogP contribution in [-0.2, 0) is 9.59 Å². The van der Waals surface area contributed by atoms with E-state index in [0.717, 1.165) is 19.5 Å². The van der Waals surface area contributed by atoms with Crippen molar-refractivity contribution in [2.75, 3.05) is 32.7 Å². The third-order valence-electron chi connectivity index (χ3n) is 2.94. The fourth-order valence-electron chi connectivity index (χ4n) is 1.91. The van der Waals surface area contributed by atoms with Gasteiger partial charge in [0.1, 0.15) is 0 Å². The quantitative estimate of drug-likeness (QED) is 0.642. The molecule has 1 aliphatic heterocycles. The summed E-state index contributed by atoms with van der Waals surface area (Å²) in [5.41, 5.74) is 5.24. The first kappa shape index (κ1) is 12.9. The van der Waals surface area contributed by atoms with Crippen LogP contribution in [0.2, 0.25) is 0 Å². The number of carboxylic acid groups (broad SMARTS) is 1. The minimum absolute atomic E-state index is 0.0682. The van der Waals surface area contributed by atoms with Gasteiger partial charge in [-0.05, 0) is 13.3 Å². The molecule has 1 aliphatic rings. The summed E-state index contributed by atoms with van der Waals surface area (Å²) in [5.74, 6) is -1.14. The Labute approximate surface area is 95.0 Å². The number of carboxylic acids is 1. The number of carbonyl (C=O) groups is 2. The van der Waals surface area contributed by atoms with Gasteiger partial charge in [0.05, 0.1) is 12.6 Å². The number of nitrogens with two attached hydrogens (primary N) is 1. The van der Waals surface area contributed by atoms with Crippen LogP contribution in [-0.4, -0.2) is 65.5 Å². The Balaban J connectivity index is 2.45. The summed E-state index contributed by atoms with van der Waals surface area (Å²) in [6.07, 6.45) is 0.866. The molecule has 3 N–H and O–H groups in total. The molecule has 0 bridgehead atoms. The average Bonchev–Trinajstić information content (AvgIpc) is 2.41. The van der Waals surface area contributed by atoms with E-state index in [0.29, 0.717) is 13.1 Å². The number of hydrogen-bond donors (Lipinski definition) is 2. The normalized spacial score (nSPS) is 21.3. The van der Waals surface area contributed by atoms with E-state index in [9.17, 15) is 9.59 Å². The summed E-state index contributed by atoms with van der Waals surface area (Å²) in [7, 11) is 0. The molecule has 1 saturated heterocycles. The molecule has 0 saturated carbocycles. The minimum Gasteiger partial charge on any atom is -0.480 e. The first-order valence-corrected chi connectivity index (χ1v) is 5.48. The van der Waals surface area contributed by atoms with Gasteiger partial charge in [-0.3, -0.25) is 19.4 Å². The lowest BCUT2D eigenvalue weighted by Crippen LogP contribution is -2.44. The summed E-state index contributed by atoms with van der Waals surface area (Å²) in [5, 5.41) is 8.69. The van der Waals surface area contributed by atoms with Crippen LogP contribution in [0.15, 0.2) is 0 Å². The van der Waals surface area contributed by atoms with E-state index in [1.54, 1.807) is 6.92 Å². The fraction of sp³-hybridized carbons (Fsp3) is 0.800. The largest absolute Gasteiger partial charge is 0.480 e. The van der Waals surface area contributed by atoms with Crippen molar-refractivity contribution >= 4 is 11.9 Å². The zero-order valence-corrected chi connectivity index (χ0v) is 9.56. The second-order valence-corrected chi connectivity index (χ2v) is 4.14.